The van der Waals surface area contributed by atoms with Crippen molar-refractivity contribution in [2.75, 3.05) is 40.4 Å². The van der Waals surface area contributed by atoms with E-state index in [0.29, 0.717) is 49.8 Å². The van der Waals surface area contributed by atoms with Crippen molar-refractivity contribution in [3.8, 4) is 11.5 Å². The average Bonchev–Trinajstić information content (AvgIpc) is 2.95. The number of nitrogens with zero attached hydrogens (tertiary/aromatic N) is 2. The number of hydrogen-bond donors (Lipinski definition) is 0. The minimum absolute atomic E-state index is 0.0332. The molecule has 204 valence electrons. The smallest absolute Gasteiger partial charge is 0.416 e. The largest absolute Gasteiger partial charge is 0.496 e. The Morgan fingerprint density at radius 1 is 0.872 bits per heavy atom. The number of ether oxygens (including phenoxy) is 2. The van der Waals surface area contributed by atoms with Crippen LogP contribution in [0, 0.1) is 0 Å². The second kappa shape index (κ2) is 12.2. The normalized spacial score (nSPS) is 14.4. The molecule has 1 saturated heterocycles. The third kappa shape index (κ3) is 6.89. The molecule has 0 radical (unpaired) electrons. The zero-order valence-corrected chi connectivity index (χ0v) is 22.0. The number of carbonyl (C=O) groups is 1. The molecular weight excluding hydrogens is 505 g/mol. The van der Waals surface area contributed by atoms with Gasteiger partial charge in [-0.3, -0.25) is 9.69 Å². The Bertz CT molecular complexity index is 1300. The molecule has 0 saturated carbocycles. The molecule has 0 unspecified atom stereocenters. The number of rotatable bonds is 8. The van der Waals surface area contributed by atoms with Gasteiger partial charge >= 0.3 is 6.18 Å². The highest BCUT2D eigenvalue weighted by molar-refractivity contribution is 5.94. The average molecular weight is 537 g/mol. The van der Waals surface area contributed by atoms with E-state index in [9.17, 15) is 18.0 Å². The van der Waals surface area contributed by atoms with Gasteiger partial charge in [-0.05, 0) is 53.1 Å². The first-order valence-electron chi connectivity index (χ1n) is 12.6. The molecule has 4 rings (SSSR count). The van der Waals surface area contributed by atoms with E-state index in [1.54, 1.807) is 20.3 Å². The van der Waals surface area contributed by atoms with E-state index in [2.05, 4.69) is 11.5 Å². The Kier molecular flexibility index (Phi) is 8.76. The van der Waals surface area contributed by atoms with Crippen LogP contribution < -0.4 is 9.47 Å². The van der Waals surface area contributed by atoms with E-state index in [-0.39, 0.29) is 5.91 Å². The molecule has 0 aromatic heterocycles. The van der Waals surface area contributed by atoms with Crippen molar-refractivity contribution >= 4 is 24.1 Å². The summed E-state index contributed by atoms with van der Waals surface area (Å²) in [7, 11) is 3.20. The monoisotopic (exact) mass is 536 g/mol. The van der Waals surface area contributed by atoms with E-state index < -0.39 is 11.7 Å². The summed E-state index contributed by atoms with van der Waals surface area (Å²) in [4.78, 5) is 17.0. The Morgan fingerprint density at radius 3 is 1.95 bits per heavy atom. The lowest BCUT2D eigenvalue weighted by Gasteiger charge is -2.34. The fourth-order valence-corrected chi connectivity index (χ4v) is 4.53. The van der Waals surface area contributed by atoms with Crippen molar-refractivity contribution in [3.63, 3.8) is 0 Å². The third-order valence-electron chi connectivity index (χ3n) is 6.74. The minimum Gasteiger partial charge on any atom is -0.496 e. The van der Waals surface area contributed by atoms with Gasteiger partial charge in [0.25, 0.3) is 5.91 Å². The van der Waals surface area contributed by atoms with Crippen LogP contribution in [0.25, 0.3) is 18.2 Å². The summed E-state index contributed by atoms with van der Waals surface area (Å²) in [5, 5.41) is 0. The van der Waals surface area contributed by atoms with Gasteiger partial charge in [0.2, 0.25) is 0 Å². The predicted molar refractivity (Wildman–Crippen MR) is 148 cm³/mol. The Balaban J connectivity index is 1.33. The molecule has 5 nitrogen and oxygen atoms in total. The second-order valence-corrected chi connectivity index (χ2v) is 9.26. The molecule has 0 spiro atoms. The van der Waals surface area contributed by atoms with Crippen molar-refractivity contribution in [2.45, 2.75) is 12.7 Å². The van der Waals surface area contributed by atoms with Gasteiger partial charge < -0.3 is 14.4 Å². The third-order valence-corrected chi connectivity index (χ3v) is 6.74. The van der Waals surface area contributed by atoms with Gasteiger partial charge in [0, 0.05) is 38.3 Å². The highest BCUT2D eigenvalue weighted by Gasteiger charge is 2.30. The standard InChI is InChI=1S/C31H31F3N2O3/c1-4-27-28(38-2)19-24(20-29(27)39-3)6-5-22-7-11-25(12-8-22)30(37)36-17-15-35(16-18-36)21-23-9-13-26(14-10-23)31(32,33)34/h4-14,19-20H,1,15-18,21H2,2-3H3/b6-5-. The number of halogens is 3. The molecule has 3 aromatic rings. The molecule has 3 aromatic carbocycles. The molecule has 8 heteroatoms. The molecular formula is C31H31F3N2O3. The number of amides is 1. The molecule has 1 aliphatic rings. The summed E-state index contributed by atoms with van der Waals surface area (Å²) in [6, 6.07) is 16.5. The van der Waals surface area contributed by atoms with Crippen molar-refractivity contribution in [2.24, 2.45) is 0 Å². The van der Waals surface area contributed by atoms with Crippen molar-refractivity contribution in [3.05, 3.63) is 101 Å². The first kappa shape index (κ1) is 28.0. The summed E-state index contributed by atoms with van der Waals surface area (Å²) in [6.45, 7) is 6.80. The van der Waals surface area contributed by atoms with Crippen LogP contribution in [0.2, 0.25) is 0 Å². The number of benzene rings is 3. The molecule has 0 bridgehead atoms. The minimum atomic E-state index is -4.33. The molecule has 0 atom stereocenters. The zero-order chi connectivity index (χ0) is 28.0. The summed E-state index contributed by atoms with van der Waals surface area (Å²) in [6.07, 6.45) is 1.26. The Morgan fingerprint density at radius 2 is 1.44 bits per heavy atom. The number of carbonyl (C=O) groups excluding carboxylic acids is 1. The SMILES string of the molecule is C=Cc1c(OC)cc(/C=C\c2ccc(C(=O)N3CCN(Cc4ccc(C(F)(F)F)cc4)CC3)cc2)cc1OC. The summed E-state index contributed by atoms with van der Waals surface area (Å²) in [5.74, 6) is 1.31. The molecule has 39 heavy (non-hydrogen) atoms. The van der Waals surface area contributed by atoms with Crippen molar-refractivity contribution < 1.29 is 27.4 Å². The van der Waals surface area contributed by atoms with Gasteiger partial charge in [-0.25, -0.2) is 0 Å². The van der Waals surface area contributed by atoms with E-state index in [1.807, 2.05) is 53.5 Å². The van der Waals surface area contributed by atoms with Crippen molar-refractivity contribution in [1.82, 2.24) is 9.80 Å². The van der Waals surface area contributed by atoms with Gasteiger partial charge in [0.1, 0.15) is 11.5 Å². The van der Waals surface area contributed by atoms with Gasteiger partial charge in [0.15, 0.2) is 0 Å². The van der Waals surface area contributed by atoms with E-state index in [1.165, 1.54) is 12.1 Å². The summed E-state index contributed by atoms with van der Waals surface area (Å²) in [5.41, 5.74) is 3.43. The van der Waals surface area contributed by atoms with Crippen LogP contribution in [0.1, 0.15) is 38.2 Å². The quantitative estimate of drug-likeness (QED) is 0.309. The lowest BCUT2D eigenvalue weighted by Crippen LogP contribution is -2.48. The number of alkyl halides is 3. The molecule has 1 aliphatic heterocycles. The van der Waals surface area contributed by atoms with Gasteiger partial charge in [0.05, 0.1) is 25.3 Å². The molecule has 0 N–H and O–H groups in total. The lowest BCUT2D eigenvalue weighted by atomic mass is 10.1. The van der Waals surface area contributed by atoms with Crippen LogP contribution in [0.15, 0.2) is 67.2 Å². The summed E-state index contributed by atoms with van der Waals surface area (Å²) >= 11 is 0. The molecule has 1 amide bonds. The topological polar surface area (TPSA) is 42.0 Å². The predicted octanol–water partition coefficient (Wildman–Crippen LogP) is 6.49. The lowest BCUT2D eigenvalue weighted by molar-refractivity contribution is -0.137. The van der Waals surface area contributed by atoms with Gasteiger partial charge in [-0.1, -0.05) is 49.1 Å². The number of piperazine rings is 1. The second-order valence-electron chi connectivity index (χ2n) is 9.26. The highest BCUT2D eigenvalue weighted by atomic mass is 19.4. The van der Waals surface area contributed by atoms with Crippen LogP contribution in [0.5, 0.6) is 11.5 Å². The fourth-order valence-electron chi connectivity index (χ4n) is 4.53. The highest BCUT2D eigenvalue weighted by Crippen LogP contribution is 2.32. The Labute approximate surface area is 226 Å². The fraction of sp³-hybridized carbons (Fsp3) is 0.258. The molecule has 1 fully saturated rings. The Hall–Kier alpha value is -4.04. The summed E-state index contributed by atoms with van der Waals surface area (Å²) < 4.78 is 49.3. The molecule has 1 heterocycles. The van der Waals surface area contributed by atoms with E-state index in [0.717, 1.165) is 34.4 Å². The van der Waals surface area contributed by atoms with E-state index in [4.69, 9.17) is 9.47 Å². The van der Waals surface area contributed by atoms with Crippen molar-refractivity contribution in [1.29, 1.82) is 0 Å². The number of hydrogen-bond acceptors (Lipinski definition) is 4. The first-order chi connectivity index (χ1) is 18.7. The first-order valence-corrected chi connectivity index (χ1v) is 12.6. The van der Waals surface area contributed by atoms with Crippen LogP contribution in [0.4, 0.5) is 13.2 Å². The van der Waals surface area contributed by atoms with Crippen LogP contribution in [-0.2, 0) is 12.7 Å². The van der Waals surface area contributed by atoms with Gasteiger partial charge in [-0.2, -0.15) is 13.2 Å². The number of methoxy groups -OCH3 is 2. The molecule has 0 aliphatic carbocycles. The maximum Gasteiger partial charge on any atom is 0.416 e. The van der Waals surface area contributed by atoms with Crippen LogP contribution in [-0.4, -0.2) is 56.1 Å². The maximum atomic E-state index is 13.0. The van der Waals surface area contributed by atoms with Crippen LogP contribution >= 0.6 is 0 Å². The maximum absolute atomic E-state index is 13.0. The zero-order valence-electron chi connectivity index (χ0n) is 22.0. The van der Waals surface area contributed by atoms with E-state index >= 15 is 0 Å². The van der Waals surface area contributed by atoms with Gasteiger partial charge in [-0.15, -0.1) is 0 Å². The van der Waals surface area contributed by atoms with Crippen LogP contribution in [0.3, 0.4) is 0 Å².